The molecule has 3 nitrogen and oxygen atoms in total. The molecule has 0 aromatic heterocycles. The topological polar surface area (TPSA) is 26.7 Å². The molecule has 1 saturated heterocycles. The number of piperazine rings is 1. The lowest BCUT2D eigenvalue weighted by atomic mass is 9.91. The van der Waals surface area contributed by atoms with Crippen LogP contribution in [0.2, 0.25) is 0 Å². The van der Waals surface area contributed by atoms with Crippen LogP contribution in [0.5, 0.6) is 0 Å². The van der Waals surface area contributed by atoms with Crippen molar-refractivity contribution in [2.24, 2.45) is 0 Å². The van der Waals surface area contributed by atoms with Crippen molar-refractivity contribution in [3.05, 3.63) is 35.6 Å². The largest absolute Gasteiger partial charge is 0.391 e. The number of nitrogens with zero attached hydrogens (tertiary/aromatic N) is 2. The summed E-state index contributed by atoms with van der Waals surface area (Å²) in [5, 5.41) is 10.2. The molecule has 0 radical (unpaired) electrons. The zero-order valence-electron chi connectivity index (χ0n) is 13.3. The van der Waals surface area contributed by atoms with E-state index in [9.17, 15) is 9.50 Å². The molecule has 1 saturated carbocycles. The van der Waals surface area contributed by atoms with Gasteiger partial charge in [0.1, 0.15) is 5.82 Å². The van der Waals surface area contributed by atoms with Crippen LogP contribution in [-0.2, 0) is 6.42 Å². The van der Waals surface area contributed by atoms with Crippen LogP contribution in [0.3, 0.4) is 0 Å². The van der Waals surface area contributed by atoms with E-state index in [1.54, 1.807) is 0 Å². The lowest BCUT2D eigenvalue weighted by Gasteiger charge is -2.42. The second-order valence-corrected chi connectivity index (χ2v) is 6.67. The highest BCUT2D eigenvalue weighted by Crippen LogP contribution is 2.24. The molecule has 2 atom stereocenters. The lowest BCUT2D eigenvalue weighted by molar-refractivity contribution is -0.00329. The van der Waals surface area contributed by atoms with Crippen LogP contribution in [0, 0.1) is 5.82 Å². The SMILES string of the molecule is OC1CCCCC1N1CCN(CCc2ccc(F)cc2)CC1. The van der Waals surface area contributed by atoms with Crippen LogP contribution in [0.15, 0.2) is 24.3 Å². The highest BCUT2D eigenvalue weighted by Gasteiger charge is 2.30. The second kappa shape index (κ2) is 7.53. The van der Waals surface area contributed by atoms with Gasteiger partial charge >= 0.3 is 0 Å². The predicted octanol–water partition coefficient (Wildman–Crippen LogP) is 2.29. The molecule has 1 aliphatic carbocycles. The molecule has 1 aromatic rings. The molecule has 0 bridgehead atoms. The number of rotatable bonds is 4. The van der Waals surface area contributed by atoms with Gasteiger partial charge in [0, 0.05) is 38.8 Å². The van der Waals surface area contributed by atoms with Crippen molar-refractivity contribution in [2.45, 2.75) is 44.2 Å². The summed E-state index contributed by atoms with van der Waals surface area (Å²) in [5.41, 5.74) is 1.20. The number of halogens is 1. The van der Waals surface area contributed by atoms with Crippen LogP contribution in [0.1, 0.15) is 31.2 Å². The van der Waals surface area contributed by atoms with Crippen molar-refractivity contribution < 1.29 is 9.50 Å². The molecule has 122 valence electrons. The molecule has 4 heteroatoms. The fourth-order valence-corrected chi connectivity index (χ4v) is 3.77. The molecule has 2 unspecified atom stereocenters. The molecular weight excluding hydrogens is 279 g/mol. The van der Waals surface area contributed by atoms with Crippen LogP contribution in [0.25, 0.3) is 0 Å². The Labute approximate surface area is 132 Å². The molecule has 1 N–H and O–H groups in total. The first kappa shape index (κ1) is 15.9. The summed E-state index contributed by atoms with van der Waals surface area (Å²) in [6, 6.07) is 7.22. The summed E-state index contributed by atoms with van der Waals surface area (Å²) in [5.74, 6) is -0.164. The Bertz CT molecular complexity index is 457. The van der Waals surface area contributed by atoms with Gasteiger partial charge in [-0.2, -0.15) is 0 Å². The zero-order chi connectivity index (χ0) is 15.4. The van der Waals surface area contributed by atoms with E-state index in [-0.39, 0.29) is 11.9 Å². The highest BCUT2D eigenvalue weighted by molar-refractivity contribution is 5.16. The van der Waals surface area contributed by atoms with Gasteiger partial charge in [-0.15, -0.1) is 0 Å². The lowest BCUT2D eigenvalue weighted by Crippen LogP contribution is -2.54. The summed E-state index contributed by atoms with van der Waals surface area (Å²) < 4.78 is 12.9. The van der Waals surface area contributed by atoms with Crippen molar-refractivity contribution >= 4 is 0 Å². The predicted molar refractivity (Wildman–Crippen MR) is 86.4 cm³/mol. The third-order valence-electron chi connectivity index (χ3n) is 5.20. The van der Waals surface area contributed by atoms with Crippen LogP contribution >= 0.6 is 0 Å². The van der Waals surface area contributed by atoms with Crippen LogP contribution in [-0.4, -0.2) is 59.8 Å². The van der Waals surface area contributed by atoms with E-state index in [2.05, 4.69) is 9.80 Å². The second-order valence-electron chi connectivity index (χ2n) is 6.67. The summed E-state index contributed by atoms with van der Waals surface area (Å²) in [6.45, 7) is 5.30. The van der Waals surface area contributed by atoms with Gasteiger partial charge in [-0.3, -0.25) is 4.90 Å². The first-order valence-electron chi connectivity index (χ1n) is 8.61. The minimum absolute atomic E-state index is 0.125. The normalized spacial score (nSPS) is 27.9. The van der Waals surface area contributed by atoms with E-state index >= 15 is 0 Å². The maximum absolute atomic E-state index is 12.9. The van der Waals surface area contributed by atoms with E-state index in [4.69, 9.17) is 0 Å². The Morgan fingerprint density at radius 2 is 1.68 bits per heavy atom. The molecule has 0 spiro atoms. The molecule has 0 amide bonds. The third kappa shape index (κ3) is 4.06. The van der Waals surface area contributed by atoms with Gasteiger partial charge in [-0.25, -0.2) is 4.39 Å². The minimum Gasteiger partial charge on any atom is -0.391 e. The van der Waals surface area contributed by atoms with Crippen molar-refractivity contribution in [3.8, 4) is 0 Å². The molecule has 22 heavy (non-hydrogen) atoms. The van der Waals surface area contributed by atoms with Gasteiger partial charge in [-0.05, 0) is 37.0 Å². The fraction of sp³-hybridized carbons (Fsp3) is 0.667. The Hall–Kier alpha value is -0.970. The summed E-state index contributed by atoms with van der Waals surface area (Å²) in [7, 11) is 0. The van der Waals surface area contributed by atoms with Crippen LogP contribution < -0.4 is 0 Å². The van der Waals surface area contributed by atoms with Crippen molar-refractivity contribution in [2.75, 3.05) is 32.7 Å². The van der Waals surface area contributed by atoms with Crippen molar-refractivity contribution in [1.29, 1.82) is 0 Å². The number of aliphatic hydroxyl groups is 1. The van der Waals surface area contributed by atoms with Crippen molar-refractivity contribution in [1.82, 2.24) is 9.80 Å². The van der Waals surface area contributed by atoms with Gasteiger partial charge in [-0.1, -0.05) is 25.0 Å². The Morgan fingerprint density at radius 3 is 2.36 bits per heavy atom. The molecule has 1 aliphatic heterocycles. The van der Waals surface area contributed by atoms with E-state index < -0.39 is 0 Å². The average Bonchev–Trinajstić information content (AvgIpc) is 2.55. The van der Waals surface area contributed by atoms with E-state index in [0.717, 1.165) is 52.0 Å². The molecule has 2 aliphatic rings. The smallest absolute Gasteiger partial charge is 0.123 e. The van der Waals surface area contributed by atoms with E-state index in [1.807, 2.05) is 12.1 Å². The molecule has 2 fully saturated rings. The minimum atomic E-state index is -0.164. The zero-order valence-corrected chi connectivity index (χ0v) is 13.3. The average molecular weight is 306 g/mol. The maximum atomic E-state index is 12.9. The molecule has 1 aromatic carbocycles. The summed E-state index contributed by atoms with van der Waals surface area (Å²) >= 11 is 0. The molecule has 3 rings (SSSR count). The number of aliphatic hydroxyl groups excluding tert-OH is 1. The number of hydrogen-bond acceptors (Lipinski definition) is 3. The maximum Gasteiger partial charge on any atom is 0.123 e. The van der Waals surface area contributed by atoms with Crippen LogP contribution in [0.4, 0.5) is 4.39 Å². The molecule has 1 heterocycles. The van der Waals surface area contributed by atoms with Gasteiger partial charge in [0.15, 0.2) is 0 Å². The van der Waals surface area contributed by atoms with E-state index in [0.29, 0.717) is 6.04 Å². The Morgan fingerprint density at radius 1 is 1.00 bits per heavy atom. The monoisotopic (exact) mass is 306 g/mol. The number of benzene rings is 1. The Kier molecular flexibility index (Phi) is 5.45. The Balaban J connectivity index is 1.42. The number of hydrogen-bond donors (Lipinski definition) is 1. The molecular formula is C18H27FN2O. The first-order chi connectivity index (χ1) is 10.7. The fourth-order valence-electron chi connectivity index (χ4n) is 3.77. The van der Waals surface area contributed by atoms with Crippen molar-refractivity contribution in [3.63, 3.8) is 0 Å². The quantitative estimate of drug-likeness (QED) is 0.924. The highest BCUT2D eigenvalue weighted by atomic mass is 19.1. The summed E-state index contributed by atoms with van der Waals surface area (Å²) in [4.78, 5) is 4.97. The van der Waals surface area contributed by atoms with E-state index in [1.165, 1.54) is 30.5 Å². The summed E-state index contributed by atoms with van der Waals surface area (Å²) in [6.07, 6.45) is 5.40. The van der Waals surface area contributed by atoms with Gasteiger partial charge < -0.3 is 10.0 Å². The van der Waals surface area contributed by atoms with Gasteiger partial charge in [0.05, 0.1) is 6.10 Å². The third-order valence-corrected chi connectivity index (χ3v) is 5.20. The standard InChI is InChI=1S/C18H27FN2O/c19-16-7-5-15(6-8-16)9-10-20-11-13-21(14-12-20)17-3-1-2-4-18(17)22/h5-8,17-18,22H,1-4,9-14H2. The van der Waals surface area contributed by atoms with Gasteiger partial charge in [0.25, 0.3) is 0 Å². The first-order valence-corrected chi connectivity index (χ1v) is 8.61. The van der Waals surface area contributed by atoms with Gasteiger partial charge in [0.2, 0.25) is 0 Å².